The molecule has 0 amide bonds. The predicted octanol–water partition coefficient (Wildman–Crippen LogP) is 5.74. The van der Waals surface area contributed by atoms with Gasteiger partial charge in [0.05, 0.1) is 10.8 Å². The Balaban J connectivity index is 0.000000155. The van der Waals surface area contributed by atoms with Gasteiger partial charge in [-0.2, -0.15) is 0 Å². The molecule has 6 rings (SSSR count). The van der Waals surface area contributed by atoms with Crippen LogP contribution in [0.25, 0.3) is 44.6 Å². The number of rotatable bonds is 2. The molecule has 8 nitrogen and oxygen atoms in total. The quantitative estimate of drug-likeness (QED) is 0.217. The summed E-state index contributed by atoms with van der Waals surface area (Å²) in [6.07, 6.45) is 0. The molecular weight excluding hydrogens is 488 g/mol. The molecule has 0 aliphatic rings. The van der Waals surface area contributed by atoms with Crippen molar-refractivity contribution in [1.82, 2.24) is 0 Å². The molecular formula is C30H20O8. The first-order chi connectivity index (χ1) is 18.3. The van der Waals surface area contributed by atoms with Gasteiger partial charge in [-0.1, -0.05) is 60.7 Å². The zero-order chi connectivity index (χ0) is 26.8. The average Bonchev–Trinajstić information content (AvgIpc) is 2.94. The smallest absolute Gasteiger partial charge is 0.201 e. The summed E-state index contributed by atoms with van der Waals surface area (Å²) in [6, 6.07) is 26.3. The van der Waals surface area contributed by atoms with E-state index in [4.69, 9.17) is 8.83 Å². The monoisotopic (exact) mass is 508 g/mol. The second-order valence-electron chi connectivity index (χ2n) is 8.30. The minimum Gasteiger partial charge on any atom is -0.504 e. The van der Waals surface area contributed by atoms with E-state index >= 15 is 0 Å². The number of phenols is 4. The molecule has 0 atom stereocenters. The maximum atomic E-state index is 12.0. The molecule has 2 aromatic heterocycles. The van der Waals surface area contributed by atoms with E-state index in [1.807, 2.05) is 36.4 Å². The summed E-state index contributed by atoms with van der Waals surface area (Å²) in [6.45, 7) is 0. The minimum absolute atomic E-state index is 0.00801. The third-order valence-electron chi connectivity index (χ3n) is 5.82. The van der Waals surface area contributed by atoms with E-state index in [9.17, 15) is 30.0 Å². The summed E-state index contributed by atoms with van der Waals surface area (Å²) in [4.78, 5) is 24.0. The second-order valence-corrected chi connectivity index (χ2v) is 8.30. The first-order valence-electron chi connectivity index (χ1n) is 11.4. The average molecular weight is 508 g/mol. The van der Waals surface area contributed by atoms with Crippen molar-refractivity contribution in [2.24, 2.45) is 0 Å². The fourth-order valence-electron chi connectivity index (χ4n) is 3.88. The van der Waals surface area contributed by atoms with Crippen LogP contribution in [0.3, 0.4) is 0 Å². The molecule has 8 heteroatoms. The summed E-state index contributed by atoms with van der Waals surface area (Å²) in [5.41, 5.74) is 0.900. The van der Waals surface area contributed by atoms with Gasteiger partial charge in [0, 0.05) is 23.3 Å². The maximum Gasteiger partial charge on any atom is 0.201 e. The number of hydrogen-bond acceptors (Lipinski definition) is 8. The summed E-state index contributed by atoms with van der Waals surface area (Å²) >= 11 is 0. The molecule has 0 aliphatic heterocycles. The molecule has 0 unspecified atom stereocenters. The number of fused-ring (bicyclic) bond motifs is 2. The van der Waals surface area contributed by atoms with E-state index in [-0.39, 0.29) is 44.3 Å². The molecule has 4 aromatic carbocycles. The van der Waals surface area contributed by atoms with Gasteiger partial charge in [-0.05, 0) is 24.3 Å². The molecule has 188 valence electrons. The lowest BCUT2D eigenvalue weighted by Crippen LogP contribution is -2.00. The zero-order valence-corrected chi connectivity index (χ0v) is 19.7. The largest absolute Gasteiger partial charge is 0.504 e. The molecule has 0 saturated carbocycles. The van der Waals surface area contributed by atoms with Crippen molar-refractivity contribution in [3.8, 4) is 45.6 Å². The molecule has 0 fully saturated rings. The molecule has 0 saturated heterocycles. The van der Waals surface area contributed by atoms with Crippen LogP contribution in [0.15, 0.2) is 115 Å². The van der Waals surface area contributed by atoms with Crippen molar-refractivity contribution >= 4 is 21.9 Å². The van der Waals surface area contributed by atoms with Gasteiger partial charge in [0.1, 0.15) is 11.5 Å². The Bertz CT molecular complexity index is 1750. The van der Waals surface area contributed by atoms with Gasteiger partial charge < -0.3 is 29.3 Å². The molecule has 0 bridgehead atoms. The zero-order valence-electron chi connectivity index (χ0n) is 19.7. The van der Waals surface area contributed by atoms with Gasteiger partial charge in [-0.3, -0.25) is 9.59 Å². The highest BCUT2D eigenvalue weighted by Gasteiger charge is 2.14. The van der Waals surface area contributed by atoms with E-state index < -0.39 is 11.5 Å². The van der Waals surface area contributed by atoms with Gasteiger partial charge in [-0.25, -0.2) is 0 Å². The van der Waals surface area contributed by atoms with Gasteiger partial charge >= 0.3 is 0 Å². The van der Waals surface area contributed by atoms with Gasteiger partial charge in [0.2, 0.25) is 11.5 Å². The maximum absolute atomic E-state index is 12.0. The Morgan fingerprint density at radius 3 is 1.21 bits per heavy atom. The first-order valence-corrected chi connectivity index (χ1v) is 11.4. The van der Waals surface area contributed by atoms with Crippen molar-refractivity contribution < 1.29 is 29.3 Å². The van der Waals surface area contributed by atoms with Crippen LogP contribution in [-0.2, 0) is 0 Å². The molecule has 2 heterocycles. The molecule has 0 spiro atoms. The lowest BCUT2D eigenvalue weighted by atomic mass is 10.1. The van der Waals surface area contributed by atoms with E-state index in [0.717, 1.165) is 11.1 Å². The Morgan fingerprint density at radius 2 is 0.842 bits per heavy atom. The Hall–Kier alpha value is -5.50. The van der Waals surface area contributed by atoms with Crippen LogP contribution in [0.5, 0.6) is 23.0 Å². The van der Waals surface area contributed by atoms with Crippen LogP contribution >= 0.6 is 0 Å². The van der Waals surface area contributed by atoms with E-state index in [1.54, 1.807) is 24.3 Å². The van der Waals surface area contributed by atoms with Gasteiger partial charge in [0.25, 0.3) is 0 Å². The molecule has 0 radical (unpaired) electrons. The van der Waals surface area contributed by atoms with E-state index in [0.29, 0.717) is 11.5 Å². The number of hydrogen-bond donors (Lipinski definition) is 4. The topological polar surface area (TPSA) is 141 Å². The molecule has 4 N–H and O–H groups in total. The lowest BCUT2D eigenvalue weighted by molar-refractivity contribution is 0.400. The number of benzene rings is 4. The molecule has 6 aromatic rings. The number of phenolic OH excluding ortho intramolecular Hbond substituents is 4. The number of aromatic hydroxyl groups is 4. The first kappa shape index (κ1) is 24.2. The Morgan fingerprint density at radius 1 is 0.474 bits per heavy atom. The normalized spacial score (nSPS) is 10.7. The van der Waals surface area contributed by atoms with Crippen molar-refractivity contribution in [1.29, 1.82) is 0 Å². The van der Waals surface area contributed by atoms with Crippen molar-refractivity contribution in [3.63, 3.8) is 0 Å². The summed E-state index contributed by atoms with van der Waals surface area (Å²) in [5.74, 6) is -0.792. The van der Waals surface area contributed by atoms with Crippen LogP contribution in [0.4, 0.5) is 0 Å². The Kier molecular flexibility index (Phi) is 6.28. The van der Waals surface area contributed by atoms with Crippen molar-refractivity contribution in [2.45, 2.75) is 0 Å². The predicted molar refractivity (Wildman–Crippen MR) is 142 cm³/mol. The minimum atomic E-state index is -0.424. The molecule has 0 aliphatic carbocycles. The second kappa shape index (κ2) is 9.87. The van der Waals surface area contributed by atoms with Crippen molar-refractivity contribution in [3.05, 3.63) is 118 Å². The van der Waals surface area contributed by atoms with E-state index in [2.05, 4.69) is 0 Å². The molecule has 38 heavy (non-hydrogen) atoms. The van der Waals surface area contributed by atoms with Gasteiger partial charge in [0.15, 0.2) is 33.5 Å². The fraction of sp³-hybridized carbons (Fsp3) is 0. The van der Waals surface area contributed by atoms with Crippen LogP contribution in [0.2, 0.25) is 0 Å². The third kappa shape index (κ3) is 4.54. The summed E-state index contributed by atoms with van der Waals surface area (Å²) in [7, 11) is 0. The fourth-order valence-corrected chi connectivity index (χ4v) is 3.88. The van der Waals surface area contributed by atoms with Crippen LogP contribution in [0.1, 0.15) is 0 Å². The lowest BCUT2D eigenvalue weighted by Gasteiger charge is -2.05. The van der Waals surface area contributed by atoms with Crippen LogP contribution in [0, 0.1) is 0 Å². The summed E-state index contributed by atoms with van der Waals surface area (Å²) in [5, 5.41) is 38.9. The summed E-state index contributed by atoms with van der Waals surface area (Å²) < 4.78 is 11.1. The SMILES string of the molecule is O=c1cc(-c2ccccc2)oc2c(O)c(O)ccc12.O=c1cc(-c2ccccc2)oc2c(O)c(O)ccc12. The van der Waals surface area contributed by atoms with Crippen molar-refractivity contribution in [2.75, 3.05) is 0 Å². The Labute approximate surface area is 214 Å². The highest BCUT2D eigenvalue weighted by Crippen LogP contribution is 2.35. The standard InChI is InChI=1S/2C15H10O4/c2*16-11-7-6-10-12(17)8-13(19-15(10)14(11)18)9-4-2-1-3-5-9/h2*1-8,16,18H. The highest BCUT2D eigenvalue weighted by atomic mass is 16.4. The third-order valence-corrected chi connectivity index (χ3v) is 5.82. The van der Waals surface area contributed by atoms with Gasteiger partial charge in [-0.15, -0.1) is 0 Å². The van der Waals surface area contributed by atoms with Crippen LogP contribution in [-0.4, -0.2) is 20.4 Å². The van der Waals surface area contributed by atoms with Crippen LogP contribution < -0.4 is 10.9 Å². The van der Waals surface area contributed by atoms with E-state index in [1.165, 1.54) is 36.4 Å². The highest BCUT2D eigenvalue weighted by molar-refractivity contribution is 5.87.